The first-order valence-electron chi connectivity index (χ1n) is 6.67. The van der Waals surface area contributed by atoms with Crippen molar-refractivity contribution >= 4 is 0 Å². The summed E-state index contributed by atoms with van der Waals surface area (Å²) in [5.41, 5.74) is 3.49. The lowest BCUT2D eigenvalue weighted by atomic mass is 9.51. The van der Waals surface area contributed by atoms with Gasteiger partial charge in [0, 0.05) is 0 Å². The monoisotopic (exact) mass is 222 g/mol. The molecule has 0 amide bonds. The highest BCUT2D eigenvalue weighted by molar-refractivity contribution is 5.33. The molecule has 1 saturated carbocycles. The van der Waals surface area contributed by atoms with E-state index in [4.69, 9.17) is 0 Å². The Morgan fingerprint density at radius 3 is 2.50 bits per heavy atom. The maximum absolute atomic E-state index is 9.51. The Morgan fingerprint density at radius 1 is 1.31 bits per heavy atom. The molecule has 4 atom stereocenters. The Labute approximate surface area is 99.9 Å². The van der Waals surface area contributed by atoms with Gasteiger partial charge in [0.1, 0.15) is 0 Å². The van der Waals surface area contributed by atoms with Crippen LogP contribution in [0.1, 0.15) is 53.9 Å². The van der Waals surface area contributed by atoms with E-state index in [1.165, 1.54) is 24.0 Å². The predicted octanol–water partition coefficient (Wildman–Crippen LogP) is 3.78. The van der Waals surface area contributed by atoms with Gasteiger partial charge < -0.3 is 5.11 Å². The Hall–Kier alpha value is -0.300. The molecule has 1 N–H and O–H groups in total. The van der Waals surface area contributed by atoms with E-state index < -0.39 is 0 Å². The van der Waals surface area contributed by atoms with Crippen LogP contribution in [0.5, 0.6) is 0 Å². The van der Waals surface area contributed by atoms with Crippen LogP contribution in [0.2, 0.25) is 0 Å². The summed E-state index contributed by atoms with van der Waals surface area (Å²) in [7, 11) is 0. The van der Waals surface area contributed by atoms with E-state index in [0.29, 0.717) is 10.8 Å². The van der Waals surface area contributed by atoms with Crippen molar-refractivity contribution in [3.8, 4) is 0 Å². The molecule has 0 saturated heterocycles. The molecule has 92 valence electrons. The van der Waals surface area contributed by atoms with Gasteiger partial charge in [-0.2, -0.15) is 0 Å². The van der Waals surface area contributed by atoms with Gasteiger partial charge >= 0.3 is 0 Å². The fraction of sp³-hybridized carbons (Fsp3) is 0.867. The van der Waals surface area contributed by atoms with Gasteiger partial charge in [0.2, 0.25) is 0 Å². The van der Waals surface area contributed by atoms with Gasteiger partial charge in [-0.1, -0.05) is 33.3 Å². The molecule has 0 aromatic heterocycles. The highest BCUT2D eigenvalue weighted by Gasteiger charge is 2.56. The van der Waals surface area contributed by atoms with Gasteiger partial charge in [-0.15, -0.1) is 0 Å². The van der Waals surface area contributed by atoms with Crippen LogP contribution >= 0.6 is 0 Å². The molecule has 1 nitrogen and oxygen atoms in total. The average molecular weight is 222 g/mol. The van der Waals surface area contributed by atoms with Gasteiger partial charge in [0.15, 0.2) is 0 Å². The Bertz CT molecular complexity index is 330. The summed E-state index contributed by atoms with van der Waals surface area (Å²) in [4.78, 5) is 0. The van der Waals surface area contributed by atoms with E-state index in [2.05, 4.69) is 34.6 Å². The number of hydrogen-bond donors (Lipinski definition) is 1. The number of fused-ring (bicyclic) bond motifs is 1. The molecule has 0 heterocycles. The average Bonchev–Trinajstić information content (AvgIpc) is 2.47. The number of aliphatic hydroxyl groups is 1. The summed E-state index contributed by atoms with van der Waals surface area (Å²) in [5, 5.41) is 9.51. The van der Waals surface area contributed by atoms with Crippen LogP contribution in [0.3, 0.4) is 0 Å². The van der Waals surface area contributed by atoms with Crippen LogP contribution in [-0.4, -0.2) is 11.7 Å². The normalized spacial score (nSPS) is 48.4. The SMILES string of the molecule is CC1=C(CO)CC2(C)CCC(C)C(C)C12C. The predicted molar refractivity (Wildman–Crippen MR) is 68.2 cm³/mol. The highest BCUT2D eigenvalue weighted by Crippen LogP contribution is 2.65. The molecule has 0 bridgehead atoms. The molecule has 0 radical (unpaired) electrons. The number of aliphatic hydroxyl groups excluding tert-OH is 1. The van der Waals surface area contributed by atoms with E-state index in [1.807, 2.05) is 0 Å². The van der Waals surface area contributed by atoms with Crippen LogP contribution in [0.4, 0.5) is 0 Å². The lowest BCUT2D eigenvalue weighted by Gasteiger charge is -2.53. The summed E-state index contributed by atoms with van der Waals surface area (Å²) < 4.78 is 0. The quantitative estimate of drug-likeness (QED) is 0.669. The molecule has 0 aromatic carbocycles. The molecule has 1 fully saturated rings. The third kappa shape index (κ3) is 1.27. The molecule has 0 aliphatic heterocycles. The zero-order valence-electron chi connectivity index (χ0n) is 11.4. The van der Waals surface area contributed by atoms with Crippen molar-refractivity contribution in [3.05, 3.63) is 11.1 Å². The Balaban J connectivity index is 2.47. The van der Waals surface area contributed by atoms with Gasteiger partial charge in [-0.05, 0) is 54.4 Å². The van der Waals surface area contributed by atoms with E-state index in [0.717, 1.165) is 18.3 Å². The molecular weight excluding hydrogens is 196 g/mol. The van der Waals surface area contributed by atoms with Crippen molar-refractivity contribution in [1.29, 1.82) is 0 Å². The Kier molecular flexibility index (Phi) is 2.73. The first kappa shape index (κ1) is 12.2. The molecular formula is C15H26O. The van der Waals surface area contributed by atoms with Gasteiger partial charge in [-0.25, -0.2) is 0 Å². The molecule has 0 aromatic rings. The first-order valence-corrected chi connectivity index (χ1v) is 6.67. The van der Waals surface area contributed by atoms with Crippen molar-refractivity contribution < 1.29 is 5.11 Å². The fourth-order valence-corrected chi connectivity index (χ4v) is 4.39. The van der Waals surface area contributed by atoms with Crippen molar-refractivity contribution in [2.24, 2.45) is 22.7 Å². The van der Waals surface area contributed by atoms with Crippen LogP contribution in [0.25, 0.3) is 0 Å². The Morgan fingerprint density at radius 2 is 1.94 bits per heavy atom. The minimum atomic E-state index is 0.262. The molecule has 0 spiro atoms. The zero-order valence-corrected chi connectivity index (χ0v) is 11.4. The van der Waals surface area contributed by atoms with Crippen LogP contribution < -0.4 is 0 Å². The summed E-state index contributed by atoms with van der Waals surface area (Å²) in [6.07, 6.45) is 3.78. The third-order valence-electron chi connectivity index (χ3n) is 6.27. The maximum Gasteiger partial charge on any atom is 0.0644 e. The maximum atomic E-state index is 9.51. The number of allylic oxidation sites excluding steroid dienone is 1. The summed E-state index contributed by atoms with van der Waals surface area (Å²) in [6, 6.07) is 0. The second kappa shape index (κ2) is 3.60. The number of rotatable bonds is 1. The smallest absolute Gasteiger partial charge is 0.0644 e. The second-order valence-corrected chi connectivity index (χ2v) is 6.63. The van der Waals surface area contributed by atoms with Crippen molar-refractivity contribution in [2.45, 2.75) is 53.9 Å². The summed E-state index contributed by atoms with van der Waals surface area (Å²) in [6.45, 7) is 12.2. The minimum Gasteiger partial charge on any atom is -0.392 e. The molecule has 16 heavy (non-hydrogen) atoms. The molecule has 1 heteroatoms. The second-order valence-electron chi connectivity index (χ2n) is 6.63. The minimum absolute atomic E-state index is 0.262. The van der Waals surface area contributed by atoms with Crippen LogP contribution in [-0.2, 0) is 0 Å². The van der Waals surface area contributed by atoms with Crippen molar-refractivity contribution in [3.63, 3.8) is 0 Å². The summed E-state index contributed by atoms with van der Waals surface area (Å²) >= 11 is 0. The fourth-order valence-electron chi connectivity index (χ4n) is 4.39. The van der Waals surface area contributed by atoms with Crippen LogP contribution in [0, 0.1) is 22.7 Å². The van der Waals surface area contributed by atoms with E-state index in [-0.39, 0.29) is 6.61 Å². The molecule has 2 aliphatic carbocycles. The van der Waals surface area contributed by atoms with Gasteiger partial charge in [-0.3, -0.25) is 0 Å². The third-order valence-corrected chi connectivity index (χ3v) is 6.27. The summed E-state index contributed by atoms with van der Waals surface area (Å²) in [5.74, 6) is 1.54. The van der Waals surface area contributed by atoms with Crippen LogP contribution in [0.15, 0.2) is 11.1 Å². The van der Waals surface area contributed by atoms with Crippen molar-refractivity contribution in [1.82, 2.24) is 0 Å². The standard InChI is InChI=1S/C15H26O/c1-10-6-7-14(4)8-13(9-16)12(3)15(14,5)11(10)2/h10-11,16H,6-9H2,1-5H3. The van der Waals surface area contributed by atoms with Gasteiger partial charge in [0.25, 0.3) is 0 Å². The molecule has 2 aliphatic rings. The lowest BCUT2D eigenvalue weighted by molar-refractivity contribution is -0.0147. The van der Waals surface area contributed by atoms with E-state index in [9.17, 15) is 5.11 Å². The zero-order chi connectivity index (χ0) is 12.1. The van der Waals surface area contributed by atoms with Crippen molar-refractivity contribution in [2.75, 3.05) is 6.61 Å². The molecule has 4 unspecified atom stereocenters. The largest absolute Gasteiger partial charge is 0.392 e. The van der Waals surface area contributed by atoms with Gasteiger partial charge in [0.05, 0.1) is 6.61 Å². The molecule has 2 rings (SSSR count). The topological polar surface area (TPSA) is 20.2 Å². The highest BCUT2D eigenvalue weighted by atomic mass is 16.3. The van der Waals surface area contributed by atoms with E-state index >= 15 is 0 Å². The lowest BCUT2D eigenvalue weighted by Crippen LogP contribution is -2.46. The number of hydrogen-bond acceptors (Lipinski definition) is 1. The van der Waals surface area contributed by atoms with E-state index in [1.54, 1.807) is 0 Å². The first-order chi connectivity index (χ1) is 7.37.